The monoisotopic (exact) mass is 862 g/mol. The molecule has 56 heavy (non-hydrogen) atoms. The fourth-order valence-corrected chi connectivity index (χ4v) is 7.12. The number of rotatable bonds is 12. The number of non-ortho nitro benzene ring substituents is 2. The van der Waals surface area contributed by atoms with Gasteiger partial charge in [0.1, 0.15) is 23.1 Å². The molecule has 0 spiro atoms. The lowest BCUT2D eigenvalue weighted by atomic mass is 9.80. The van der Waals surface area contributed by atoms with Crippen molar-refractivity contribution in [2.75, 3.05) is 14.2 Å². The zero-order valence-electron chi connectivity index (χ0n) is 29.9. The Balaban J connectivity index is 0.000000201. The molecule has 6 rings (SSSR count). The number of thioether (sulfide) groups is 2. The van der Waals surface area contributed by atoms with Crippen LogP contribution in [0.15, 0.2) is 148 Å². The van der Waals surface area contributed by atoms with Crippen molar-refractivity contribution in [3.63, 3.8) is 0 Å². The maximum Gasteiger partial charge on any atom is 0.488 e. The summed E-state index contributed by atoms with van der Waals surface area (Å²) < 4.78 is 37.3. The van der Waals surface area contributed by atoms with E-state index >= 15 is 0 Å². The van der Waals surface area contributed by atoms with Gasteiger partial charge in [0.2, 0.25) is 0 Å². The highest BCUT2D eigenvalue weighted by Crippen LogP contribution is 2.35. The largest absolute Gasteiger partial charge is 0.496 e. The lowest BCUT2D eigenvalue weighted by Crippen LogP contribution is -2.29. The van der Waals surface area contributed by atoms with Gasteiger partial charge in [0.05, 0.1) is 28.5 Å². The number of nitro groups is 2. The second-order valence-corrected chi connectivity index (χ2v) is 14.5. The quantitative estimate of drug-likeness (QED) is 0.0528. The predicted molar refractivity (Wildman–Crippen MR) is 221 cm³/mol. The Morgan fingerprint density at radius 3 is 1.61 bits per heavy atom. The molecular weight excluding hydrogens is 829 g/mol. The van der Waals surface area contributed by atoms with Crippen LogP contribution in [-0.4, -0.2) is 41.2 Å². The van der Waals surface area contributed by atoms with E-state index < -0.39 is 17.0 Å². The second-order valence-electron chi connectivity index (χ2n) is 11.5. The van der Waals surface area contributed by atoms with Gasteiger partial charge in [-0.05, 0) is 111 Å². The number of methoxy groups -OCH3 is 2. The first kappa shape index (κ1) is 43.5. The lowest BCUT2D eigenvalue weighted by molar-refractivity contribution is -0.385. The van der Waals surface area contributed by atoms with Gasteiger partial charge >= 0.3 is 7.12 Å². The molecule has 0 aliphatic carbocycles. The minimum absolute atomic E-state index is 0.0376. The van der Waals surface area contributed by atoms with E-state index in [1.165, 1.54) is 60.2 Å². The van der Waals surface area contributed by atoms with Crippen molar-refractivity contribution in [2.24, 2.45) is 0 Å². The molecule has 0 radical (unpaired) electrons. The fourth-order valence-electron chi connectivity index (χ4n) is 4.85. The first-order valence-electron chi connectivity index (χ1n) is 16.5. The Kier molecular flexibility index (Phi) is 16.9. The first-order chi connectivity index (χ1) is 26.9. The van der Waals surface area contributed by atoms with Gasteiger partial charge in [-0.2, -0.15) is 0 Å². The number of hydrogen-bond donors (Lipinski definition) is 2. The molecule has 0 fully saturated rings. The summed E-state index contributed by atoms with van der Waals surface area (Å²) in [6.07, 6.45) is 0. The second kappa shape index (κ2) is 21.7. The average molecular weight is 864 g/mol. The topological polar surface area (TPSA) is 145 Å². The first-order valence-corrected chi connectivity index (χ1v) is 19.2. The summed E-state index contributed by atoms with van der Waals surface area (Å²) in [4.78, 5) is 22.3. The average Bonchev–Trinajstić information content (AvgIpc) is 3.21. The van der Waals surface area contributed by atoms with Crippen molar-refractivity contribution in [3.05, 3.63) is 181 Å². The molecule has 0 saturated carbocycles. The van der Waals surface area contributed by atoms with Gasteiger partial charge in [-0.1, -0.05) is 36.4 Å². The Labute approximate surface area is 339 Å². The summed E-state index contributed by atoms with van der Waals surface area (Å²) in [5, 5.41) is 38.6. The molecule has 0 aliphatic rings. The maximum atomic E-state index is 13.0. The van der Waals surface area contributed by atoms with E-state index in [0.29, 0.717) is 11.5 Å². The molecule has 6 aromatic rings. The van der Waals surface area contributed by atoms with Gasteiger partial charge in [-0.15, -0.1) is 23.5 Å². The van der Waals surface area contributed by atoms with Gasteiger partial charge < -0.3 is 19.5 Å². The SMILES string of the molecule is COc1ccc(CSc2ccc(F)cc2)cc1-c1cccc([N+](=O)[O-])c1.COc1ccc(CSc2ccc(F)cc2)cc1Br.O=[N+]([O-])c1cccc(B(O)O)c1. The third-order valence-electron chi connectivity index (χ3n) is 7.67. The van der Waals surface area contributed by atoms with Gasteiger partial charge in [-0.25, -0.2) is 8.78 Å². The molecule has 0 unspecified atom stereocenters. The van der Waals surface area contributed by atoms with Crippen molar-refractivity contribution >= 4 is 63.4 Å². The van der Waals surface area contributed by atoms with Crippen molar-refractivity contribution in [1.29, 1.82) is 0 Å². The van der Waals surface area contributed by atoms with E-state index in [0.717, 1.165) is 48.5 Å². The Bertz CT molecular complexity index is 2240. The third kappa shape index (κ3) is 13.5. The highest BCUT2D eigenvalue weighted by atomic mass is 79.9. The van der Waals surface area contributed by atoms with Crippen LogP contribution in [0.2, 0.25) is 0 Å². The number of nitrogens with zero attached hydrogens (tertiary/aromatic N) is 2. The van der Waals surface area contributed by atoms with Crippen LogP contribution in [-0.2, 0) is 11.5 Å². The summed E-state index contributed by atoms with van der Waals surface area (Å²) >= 11 is 6.73. The molecule has 0 saturated heterocycles. The minimum atomic E-state index is -1.66. The van der Waals surface area contributed by atoms with Gasteiger partial charge in [-0.3, -0.25) is 20.2 Å². The van der Waals surface area contributed by atoms with Crippen LogP contribution in [0.3, 0.4) is 0 Å². The fraction of sp³-hybridized carbons (Fsp3) is 0.100. The van der Waals surface area contributed by atoms with Gasteiger partial charge in [0.25, 0.3) is 11.4 Å². The van der Waals surface area contributed by atoms with Crippen LogP contribution >= 0.6 is 39.5 Å². The lowest BCUT2D eigenvalue weighted by Gasteiger charge is -2.11. The Morgan fingerprint density at radius 2 is 1.12 bits per heavy atom. The van der Waals surface area contributed by atoms with Crippen molar-refractivity contribution in [3.8, 4) is 22.6 Å². The summed E-state index contributed by atoms with van der Waals surface area (Å²) in [6.45, 7) is 0. The van der Waals surface area contributed by atoms with Crippen molar-refractivity contribution in [2.45, 2.75) is 21.3 Å². The number of ether oxygens (including phenoxy) is 2. The van der Waals surface area contributed by atoms with E-state index in [1.807, 2.05) is 42.5 Å². The number of halogens is 3. The molecule has 10 nitrogen and oxygen atoms in total. The van der Waals surface area contributed by atoms with E-state index in [4.69, 9.17) is 19.5 Å². The molecule has 0 bridgehead atoms. The van der Waals surface area contributed by atoms with Crippen LogP contribution < -0.4 is 14.9 Å². The zero-order chi connectivity index (χ0) is 40.6. The number of nitro benzene ring substituents is 2. The van der Waals surface area contributed by atoms with Crippen LogP contribution in [0.5, 0.6) is 11.5 Å². The summed E-state index contributed by atoms with van der Waals surface area (Å²) in [6, 6.07) is 36.3. The standard InChI is InChI=1S/C20H16FNO3S.C14H12BrFOS.C6H6BNO4/c1-25-20-10-5-14(13-26-18-8-6-16(21)7-9-18)11-19(20)15-3-2-4-17(12-15)22(23)24;1-17-14-7-2-10(8-13(14)15)9-18-12-5-3-11(16)4-6-12;9-7(10)5-2-1-3-6(4-5)8(11)12/h2-12H,13H2,1H3;2-8H,9H2,1H3;1-4,9-10H. The van der Waals surface area contributed by atoms with Crippen LogP contribution in [0.25, 0.3) is 11.1 Å². The maximum absolute atomic E-state index is 13.0. The normalized spacial score (nSPS) is 10.3. The molecule has 0 amide bonds. The zero-order valence-corrected chi connectivity index (χ0v) is 33.1. The Hall–Kier alpha value is -5.26. The molecule has 0 heterocycles. The van der Waals surface area contributed by atoms with E-state index in [1.54, 1.807) is 68.1 Å². The molecule has 2 N–H and O–H groups in total. The highest BCUT2D eigenvalue weighted by molar-refractivity contribution is 9.10. The summed E-state index contributed by atoms with van der Waals surface area (Å²) in [5.74, 6) is 2.55. The smallest absolute Gasteiger partial charge is 0.488 e. The van der Waals surface area contributed by atoms with Crippen LogP contribution in [0.1, 0.15) is 11.1 Å². The van der Waals surface area contributed by atoms with Gasteiger partial charge in [0, 0.05) is 51.1 Å². The summed E-state index contributed by atoms with van der Waals surface area (Å²) in [5.41, 5.74) is 3.76. The molecule has 288 valence electrons. The number of hydrogen-bond acceptors (Lipinski definition) is 10. The minimum Gasteiger partial charge on any atom is -0.496 e. The van der Waals surface area contributed by atoms with Crippen molar-refractivity contribution in [1.82, 2.24) is 0 Å². The van der Waals surface area contributed by atoms with Crippen molar-refractivity contribution < 1.29 is 38.1 Å². The Morgan fingerprint density at radius 1 is 0.643 bits per heavy atom. The highest BCUT2D eigenvalue weighted by Gasteiger charge is 2.15. The third-order valence-corrected chi connectivity index (χ3v) is 10.5. The van der Waals surface area contributed by atoms with E-state index in [9.17, 15) is 29.0 Å². The summed E-state index contributed by atoms with van der Waals surface area (Å²) in [7, 11) is 1.56. The van der Waals surface area contributed by atoms with E-state index in [-0.39, 0.29) is 28.5 Å². The molecule has 0 aliphatic heterocycles. The molecule has 6 aromatic carbocycles. The number of benzene rings is 6. The molecule has 0 aromatic heterocycles. The molecular formula is C40H34BBrF2N2O8S2. The predicted octanol–water partition coefficient (Wildman–Crippen LogP) is 9.87. The van der Waals surface area contributed by atoms with Crippen LogP contribution in [0, 0.1) is 31.9 Å². The van der Waals surface area contributed by atoms with Gasteiger partial charge in [0.15, 0.2) is 0 Å². The molecule has 0 atom stereocenters. The molecule has 16 heteroatoms. The van der Waals surface area contributed by atoms with Crippen LogP contribution in [0.4, 0.5) is 20.2 Å². The van der Waals surface area contributed by atoms with E-state index in [2.05, 4.69) is 15.9 Å².